The summed E-state index contributed by atoms with van der Waals surface area (Å²) in [5.41, 5.74) is 5.35. The standard InChI is InChI=1S/C22H26N4O/c1-22(2)13-17-18(14-23)21(26-10-8-24-9-11-26)25-20(19(17)15-27-22)12-16-6-4-3-5-7-16/h3-7,24H,8-13,15H2,1-2H3/p+2. The van der Waals surface area contributed by atoms with E-state index >= 15 is 0 Å². The molecule has 0 unspecified atom stereocenters. The summed E-state index contributed by atoms with van der Waals surface area (Å²) >= 11 is 0. The zero-order chi connectivity index (χ0) is 18.9. The molecule has 1 aromatic heterocycles. The van der Waals surface area contributed by atoms with E-state index in [1.165, 1.54) is 22.4 Å². The van der Waals surface area contributed by atoms with Crippen molar-refractivity contribution in [3.8, 4) is 6.07 Å². The molecule has 0 atom stereocenters. The highest BCUT2D eigenvalue weighted by Crippen LogP contribution is 2.34. The van der Waals surface area contributed by atoms with Crippen LogP contribution in [0.15, 0.2) is 30.3 Å². The van der Waals surface area contributed by atoms with Crippen molar-refractivity contribution in [3.05, 3.63) is 58.3 Å². The first-order chi connectivity index (χ1) is 13.1. The van der Waals surface area contributed by atoms with E-state index in [4.69, 9.17) is 4.74 Å². The summed E-state index contributed by atoms with van der Waals surface area (Å²) in [5, 5.41) is 12.3. The van der Waals surface area contributed by atoms with Crippen molar-refractivity contribution in [1.29, 1.82) is 5.26 Å². The summed E-state index contributed by atoms with van der Waals surface area (Å²) in [7, 11) is 0. The second-order valence-electron chi connectivity index (χ2n) is 8.14. The largest absolute Gasteiger partial charge is 0.370 e. The van der Waals surface area contributed by atoms with Crippen molar-refractivity contribution in [2.75, 3.05) is 31.1 Å². The number of pyridine rings is 1. The molecule has 0 spiro atoms. The molecule has 1 saturated heterocycles. The van der Waals surface area contributed by atoms with Crippen LogP contribution in [0.5, 0.6) is 0 Å². The maximum Gasteiger partial charge on any atom is 0.293 e. The quantitative estimate of drug-likeness (QED) is 0.890. The molecule has 4 rings (SSSR count). The van der Waals surface area contributed by atoms with Crippen LogP contribution in [0.1, 0.15) is 41.8 Å². The Balaban J connectivity index is 1.84. The van der Waals surface area contributed by atoms with Crippen LogP contribution in [-0.2, 0) is 24.2 Å². The minimum absolute atomic E-state index is 0.239. The molecule has 140 valence electrons. The van der Waals surface area contributed by atoms with Gasteiger partial charge in [-0.05, 0) is 25.0 Å². The topological polar surface area (TPSA) is 67.0 Å². The molecule has 2 aliphatic heterocycles. The monoisotopic (exact) mass is 364 g/mol. The lowest BCUT2D eigenvalue weighted by Gasteiger charge is -2.33. The molecule has 5 nitrogen and oxygen atoms in total. The van der Waals surface area contributed by atoms with Crippen LogP contribution in [0.3, 0.4) is 0 Å². The Kier molecular flexibility index (Phi) is 4.86. The number of aromatic nitrogens is 1. The molecule has 27 heavy (non-hydrogen) atoms. The minimum Gasteiger partial charge on any atom is -0.370 e. The summed E-state index contributed by atoms with van der Waals surface area (Å²) in [6.45, 7) is 8.85. The zero-order valence-electron chi connectivity index (χ0n) is 16.2. The number of hydrogen-bond acceptors (Lipinski definition) is 3. The Morgan fingerprint density at radius 2 is 1.93 bits per heavy atom. The Bertz CT molecular complexity index is 864. The van der Waals surface area contributed by atoms with Crippen molar-refractivity contribution < 1.29 is 15.0 Å². The molecule has 1 aromatic carbocycles. The number of benzene rings is 1. The van der Waals surface area contributed by atoms with Gasteiger partial charge in [0, 0.05) is 18.4 Å². The number of quaternary nitrogens is 1. The van der Waals surface area contributed by atoms with Gasteiger partial charge in [0.1, 0.15) is 43.5 Å². The number of hydrogen-bond donors (Lipinski definition) is 1. The van der Waals surface area contributed by atoms with E-state index in [2.05, 4.69) is 59.4 Å². The average Bonchev–Trinajstić information content (AvgIpc) is 2.68. The van der Waals surface area contributed by atoms with Gasteiger partial charge in [0.15, 0.2) is 0 Å². The first-order valence-electron chi connectivity index (χ1n) is 9.82. The van der Waals surface area contributed by atoms with Crippen molar-refractivity contribution in [3.63, 3.8) is 0 Å². The predicted octanol–water partition coefficient (Wildman–Crippen LogP) is 1.20. The SMILES string of the molecule is CC1(C)Cc2c(C#N)c(N3CC[NH2+]CC3)[nH+]c(Cc3ccccc3)c2CO1. The van der Waals surface area contributed by atoms with Crippen molar-refractivity contribution in [2.45, 2.75) is 38.9 Å². The Labute approximate surface area is 161 Å². The second-order valence-corrected chi connectivity index (χ2v) is 8.14. The summed E-state index contributed by atoms with van der Waals surface area (Å²) in [5.74, 6) is 0.994. The van der Waals surface area contributed by atoms with Crippen LogP contribution in [0.25, 0.3) is 0 Å². The smallest absolute Gasteiger partial charge is 0.293 e. The third-order valence-electron chi connectivity index (χ3n) is 5.60. The van der Waals surface area contributed by atoms with Gasteiger partial charge in [-0.25, -0.2) is 9.88 Å². The Hall–Kier alpha value is -2.42. The van der Waals surface area contributed by atoms with Gasteiger partial charge in [-0.15, -0.1) is 0 Å². The van der Waals surface area contributed by atoms with Gasteiger partial charge in [-0.2, -0.15) is 5.26 Å². The summed E-state index contributed by atoms with van der Waals surface area (Å²) in [6, 6.07) is 13.0. The van der Waals surface area contributed by atoms with Gasteiger partial charge in [0.25, 0.3) is 5.82 Å². The summed E-state index contributed by atoms with van der Waals surface area (Å²) in [6.07, 6.45) is 1.60. The number of nitrogens with two attached hydrogens (primary N) is 1. The third kappa shape index (κ3) is 3.69. The molecule has 0 radical (unpaired) electrons. The number of aromatic amines is 1. The summed E-state index contributed by atoms with van der Waals surface area (Å²) < 4.78 is 6.11. The number of piperazine rings is 1. The van der Waals surface area contributed by atoms with E-state index in [-0.39, 0.29) is 5.60 Å². The molecule has 2 aliphatic rings. The molecular formula is C22H28N4O+2. The van der Waals surface area contributed by atoms with E-state index < -0.39 is 0 Å². The lowest BCUT2D eigenvalue weighted by molar-refractivity contribution is -0.656. The molecule has 5 heteroatoms. The van der Waals surface area contributed by atoms with E-state index in [9.17, 15) is 5.26 Å². The van der Waals surface area contributed by atoms with Crippen LogP contribution in [-0.4, -0.2) is 31.8 Å². The number of rotatable bonds is 3. The Morgan fingerprint density at radius 1 is 1.19 bits per heavy atom. The lowest BCUT2D eigenvalue weighted by Crippen LogP contribution is -2.90. The fourth-order valence-corrected chi connectivity index (χ4v) is 4.15. The fraction of sp³-hybridized carbons (Fsp3) is 0.455. The molecule has 3 heterocycles. The van der Waals surface area contributed by atoms with Crippen LogP contribution >= 0.6 is 0 Å². The van der Waals surface area contributed by atoms with Gasteiger partial charge >= 0.3 is 0 Å². The molecule has 0 aliphatic carbocycles. The second kappa shape index (κ2) is 7.30. The third-order valence-corrected chi connectivity index (χ3v) is 5.60. The molecule has 1 fully saturated rings. The predicted molar refractivity (Wildman–Crippen MR) is 103 cm³/mol. The maximum atomic E-state index is 10.0. The number of fused-ring (bicyclic) bond motifs is 1. The highest BCUT2D eigenvalue weighted by Gasteiger charge is 2.36. The Morgan fingerprint density at radius 3 is 2.63 bits per heavy atom. The highest BCUT2D eigenvalue weighted by atomic mass is 16.5. The number of nitrogens with one attached hydrogen (secondary N) is 1. The van der Waals surface area contributed by atoms with Crippen LogP contribution in [0.4, 0.5) is 5.82 Å². The molecule has 2 aromatic rings. The van der Waals surface area contributed by atoms with E-state index in [0.717, 1.165) is 50.4 Å². The van der Waals surface area contributed by atoms with E-state index in [0.29, 0.717) is 6.61 Å². The van der Waals surface area contributed by atoms with Gasteiger partial charge in [-0.3, -0.25) is 0 Å². The number of anilines is 1. The normalized spacial score (nSPS) is 18.6. The van der Waals surface area contributed by atoms with Gasteiger partial charge < -0.3 is 10.1 Å². The van der Waals surface area contributed by atoms with Gasteiger partial charge in [-0.1, -0.05) is 30.3 Å². The highest BCUT2D eigenvalue weighted by molar-refractivity contribution is 5.58. The molecule has 3 N–H and O–H groups in total. The van der Waals surface area contributed by atoms with Crippen molar-refractivity contribution >= 4 is 5.82 Å². The fourth-order valence-electron chi connectivity index (χ4n) is 4.15. The number of nitrogens with zero attached hydrogens (tertiary/aromatic N) is 2. The number of nitriles is 1. The molecule has 0 saturated carbocycles. The molecule has 0 bridgehead atoms. The maximum absolute atomic E-state index is 10.0. The molecule has 0 amide bonds. The first kappa shape index (κ1) is 18.0. The van der Waals surface area contributed by atoms with Crippen molar-refractivity contribution in [2.24, 2.45) is 0 Å². The van der Waals surface area contributed by atoms with Crippen LogP contribution < -0.4 is 15.2 Å². The van der Waals surface area contributed by atoms with Gasteiger partial charge in [0.2, 0.25) is 0 Å². The van der Waals surface area contributed by atoms with Gasteiger partial charge in [0.05, 0.1) is 12.2 Å². The van der Waals surface area contributed by atoms with Crippen LogP contribution in [0, 0.1) is 11.3 Å². The average molecular weight is 364 g/mol. The molecular weight excluding hydrogens is 336 g/mol. The first-order valence-corrected chi connectivity index (χ1v) is 9.82. The number of H-pyrrole nitrogens is 1. The van der Waals surface area contributed by atoms with E-state index in [1.807, 2.05) is 6.07 Å². The van der Waals surface area contributed by atoms with Crippen molar-refractivity contribution in [1.82, 2.24) is 0 Å². The van der Waals surface area contributed by atoms with E-state index in [1.54, 1.807) is 0 Å². The summed E-state index contributed by atoms with van der Waals surface area (Å²) in [4.78, 5) is 5.99. The zero-order valence-corrected chi connectivity index (χ0v) is 16.2. The van der Waals surface area contributed by atoms with Crippen LogP contribution in [0.2, 0.25) is 0 Å². The number of ether oxygens (including phenoxy) is 1. The minimum atomic E-state index is -0.239. The lowest BCUT2D eigenvalue weighted by atomic mass is 9.87.